The third-order valence-corrected chi connectivity index (χ3v) is 4.63. The molecule has 88 valence electrons. The van der Waals surface area contributed by atoms with E-state index in [0.717, 1.165) is 24.7 Å². The summed E-state index contributed by atoms with van der Waals surface area (Å²) in [5, 5.41) is 0. The van der Waals surface area contributed by atoms with Gasteiger partial charge >= 0.3 is 0 Å². The number of rotatable bonds is 2. The lowest BCUT2D eigenvalue weighted by atomic mass is 9.61. The number of hydrogen-bond donors (Lipinski definition) is 0. The lowest BCUT2D eigenvalue weighted by Crippen LogP contribution is -2.31. The Balaban J connectivity index is 2.32. The Morgan fingerprint density at radius 1 is 1.50 bits per heavy atom. The van der Waals surface area contributed by atoms with Gasteiger partial charge in [-0.3, -0.25) is 4.79 Å². The van der Waals surface area contributed by atoms with Gasteiger partial charge in [-0.05, 0) is 62.4 Å². The van der Waals surface area contributed by atoms with Gasteiger partial charge in [0.05, 0.1) is 0 Å². The van der Waals surface area contributed by atoms with Crippen molar-refractivity contribution in [3.05, 3.63) is 23.3 Å². The highest BCUT2D eigenvalue weighted by Crippen LogP contribution is 2.51. The Morgan fingerprint density at radius 3 is 2.88 bits per heavy atom. The predicted molar refractivity (Wildman–Crippen MR) is 67.2 cm³/mol. The summed E-state index contributed by atoms with van der Waals surface area (Å²) in [7, 11) is 0. The zero-order valence-electron chi connectivity index (χ0n) is 10.5. The van der Waals surface area contributed by atoms with Gasteiger partial charge in [-0.2, -0.15) is 0 Å². The van der Waals surface area contributed by atoms with Gasteiger partial charge in [-0.25, -0.2) is 0 Å². The van der Waals surface area contributed by atoms with E-state index in [1.807, 2.05) is 0 Å². The van der Waals surface area contributed by atoms with Gasteiger partial charge in [0.1, 0.15) is 6.29 Å². The monoisotopic (exact) mass is 218 g/mol. The van der Waals surface area contributed by atoms with Crippen LogP contribution >= 0.6 is 0 Å². The Morgan fingerprint density at radius 2 is 2.25 bits per heavy atom. The second-order valence-corrected chi connectivity index (χ2v) is 5.82. The van der Waals surface area contributed by atoms with Crippen molar-refractivity contribution in [3.63, 3.8) is 0 Å². The summed E-state index contributed by atoms with van der Waals surface area (Å²) in [6.07, 6.45) is 8.12. The van der Waals surface area contributed by atoms with Gasteiger partial charge in [-0.1, -0.05) is 24.6 Å². The highest BCUT2D eigenvalue weighted by atomic mass is 16.1. The van der Waals surface area contributed by atoms with E-state index >= 15 is 0 Å². The van der Waals surface area contributed by atoms with Crippen LogP contribution in [0.3, 0.4) is 0 Å². The largest absolute Gasteiger partial charge is 0.298 e. The fourth-order valence-electron chi connectivity index (χ4n) is 3.40. The van der Waals surface area contributed by atoms with Crippen LogP contribution in [0.5, 0.6) is 0 Å². The van der Waals surface area contributed by atoms with Crippen molar-refractivity contribution < 1.29 is 4.79 Å². The molecular weight excluding hydrogens is 196 g/mol. The molecule has 2 atom stereocenters. The maximum absolute atomic E-state index is 11.2. The number of allylic oxidation sites excluding steroid dienone is 3. The van der Waals surface area contributed by atoms with E-state index in [4.69, 9.17) is 0 Å². The Bertz CT molecular complexity index is 350. The van der Waals surface area contributed by atoms with Gasteiger partial charge in [0.15, 0.2) is 0 Å². The van der Waals surface area contributed by atoms with Crippen LogP contribution in [0, 0.1) is 11.3 Å². The molecule has 0 bridgehead atoms. The van der Waals surface area contributed by atoms with Gasteiger partial charge in [0.2, 0.25) is 0 Å². The maximum atomic E-state index is 11.2. The Kier molecular flexibility index (Phi) is 3.05. The highest BCUT2D eigenvalue weighted by Gasteiger charge is 2.38. The number of fused-ring (bicyclic) bond motifs is 1. The molecule has 0 radical (unpaired) electrons. The first-order valence-electron chi connectivity index (χ1n) is 6.40. The van der Waals surface area contributed by atoms with E-state index in [0.29, 0.717) is 11.3 Å². The van der Waals surface area contributed by atoms with Crippen LogP contribution in [0.4, 0.5) is 0 Å². The van der Waals surface area contributed by atoms with Crippen LogP contribution < -0.4 is 0 Å². The first-order chi connectivity index (χ1) is 7.57. The zero-order valence-corrected chi connectivity index (χ0v) is 10.5. The van der Waals surface area contributed by atoms with Gasteiger partial charge in [-0.15, -0.1) is 0 Å². The summed E-state index contributed by atoms with van der Waals surface area (Å²) < 4.78 is 0. The predicted octanol–water partition coefficient (Wildman–Crippen LogP) is 4.05. The average Bonchev–Trinajstić information content (AvgIpc) is 2.26. The van der Waals surface area contributed by atoms with Gasteiger partial charge in [0, 0.05) is 0 Å². The summed E-state index contributed by atoms with van der Waals surface area (Å²) in [6.45, 7) is 8.55. The molecule has 0 aromatic carbocycles. The van der Waals surface area contributed by atoms with Crippen molar-refractivity contribution in [2.24, 2.45) is 11.3 Å². The number of carbonyl (C=O) groups excluding carboxylic acids is 1. The van der Waals surface area contributed by atoms with E-state index in [-0.39, 0.29) is 0 Å². The van der Waals surface area contributed by atoms with Crippen LogP contribution in [0.1, 0.15) is 52.4 Å². The van der Waals surface area contributed by atoms with Gasteiger partial charge in [0.25, 0.3) is 0 Å². The summed E-state index contributed by atoms with van der Waals surface area (Å²) in [4.78, 5) is 11.2. The molecule has 16 heavy (non-hydrogen) atoms. The molecule has 0 aliphatic heterocycles. The molecule has 2 aliphatic rings. The van der Waals surface area contributed by atoms with E-state index in [2.05, 4.69) is 20.4 Å². The normalized spacial score (nSPS) is 34.5. The van der Waals surface area contributed by atoms with E-state index in [9.17, 15) is 4.79 Å². The molecule has 0 N–H and O–H groups in total. The quantitative estimate of drug-likeness (QED) is 0.505. The number of carbonyl (C=O) groups is 1. The molecule has 0 aromatic rings. The molecule has 2 aliphatic carbocycles. The molecular formula is C15H22O. The molecule has 2 rings (SSSR count). The average molecular weight is 218 g/mol. The van der Waals surface area contributed by atoms with E-state index in [1.54, 1.807) is 0 Å². The van der Waals surface area contributed by atoms with Crippen molar-refractivity contribution in [2.45, 2.75) is 52.4 Å². The van der Waals surface area contributed by atoms with Crippen molar-refractivity contribution in [1.82, 2.24) is 0 Å². The minimum absolute atomic E-state index is 0.320. The third kappa shape index (κ3) is 1.88. The SMILES string of the molecule is C=C(C)C1CCC2(C)CCCC(C=O)=C2C1. The molecule has 0 spiro atoms. The minimum Gasteiger partial charge on any atom is -0.298 e. The van der Waals surface area contributed by atoms with Crippen LogP contribution in [0.25, 0.3) is 0 Å². The van der Waals surface area contributed by atoms with Crippen molar-refractivity contribution in [1.29, 1.82) is 0 Å². The van der Waals surface area contributed by atoms with Crippen LogP contribution in [0.2, 0.25) is 0 Å². The zero-order chi connectivity index (χ0) is 11.8. The molecule has 2 unspecified atom stereocenters. The fraction of sp³-hybridized carbons (Fsp3) is 0.667. The highest BCUT2D eigenvalue weighted by molar-refractivity contribution is 5.75. The minimum atomic E-state index is 0.320. The van der Waals surface area contributed by atoms with Crippen molar-refractivity contribution >= 4 is 6.29 Å². The second kappa shape index (κ2) is 4.20. The molecule has 0 saturated heterocycles. The Hall–Kier alpha value is -0.850. The third-order valence-electron chi connectivity index (χ3n) is 4.63. The summed E-state index contributed by atoms with van der Waals surface area (Å²) in [5.41, 5.74) is 4.15. The van der Waals surface area contributed by atoms with E-state index in [1.165, 1.54) is 36.8 Å². The number of hydrogen-bond acceptors (Lipinski definition) is 1. The van der Waals surface area contributed by atoms with Crippen molar-refractivity contribution in [2.75, 3.05) is 0 Å². The Labute approximate surface area is 98.6 Å². The first-order valence-corrected chi connectivity index (χ1v) is 6.40. The maximum Gasteiger partial charge on any atom is 0.145 e. The topological polar surface area (TPSA) is 17.1 Å². The van der Waals surface area contributed by atoms with Gasteiger partial charge < -0.3 is 0 Å². The molecule has 1 nitrogen and oxygen atoms in total. The fourth-order valence-corrected chi connectivity index (χ4v) is 3.40. The van der Waals surface area contributed by atoms with E-state index < -0.39 is 0 Å². The summed E-state index contributed by atoms with van der Waals surface area (Å²) in [5.74, 6) is 0.608. The van der Waals surface area contributed by atoms with Crippen molar-refractivity contribution in [3.8, 4) is 0 Å². The summed E-state index contributed by atoms with van der Waals surface area (Å²) in [6, 6.07) is 0. The molecule has 1 fully saturated rings. The smallest absolute Gasteiger partial charge is 0.145 e. The standard InChI is InChI=1S/C15H22O/c1-11(2)12-6-8-15(3)7-4-5-13(10-16)14(15)9-12/h10,12H,1,4-9H2,2-3H3. The van der Waals surface area contributed by atoms with Crippen LogP contribution in [-0.2, 0) is 4.79 Å². The number of aldehydes is 1. The molecule has 0 aromatic heterocycles. The van der Waals surface area contributed by atoms with Crippen LogP contribution in [-0.4, -0.2) is 6.29 Å². The molecule has 0 heterocycles. The lowest BCUT2D eigenvalue weighted by molar-refractivity contribution is -0.105. The van der Waals surface area contributed by atoms with Crippen LogP contribution in [0.15, 0.2) is 23.3 Å². The second-order valence-electron chi connectivity index (χ2n) is 5.82. The molecule has 0 amide bonds. The molecule has 1 saturated carbocycles. The lowest BCUT2D eigenvalue weighted by Gasteiger charge is -2.44. The molecule has 1 heteroatoms. The first kappa shape index (κ1) is 11.6. The summed E-state index contributed by atoms with van der Waals surface area (Å²) >= 11 is 0.